The Hall–Kier alpha value is -0.880. The Morgan fingerprint density at radius 2 is 2.00 bits per heavy atom. The topological polar surface area (TPSA) is 58.2 Å². The van der Waals surface area contributed by atoms with Crippen LogP contribution in [0, 0.1) is 5.92 Å². The molecule has 0 aromatic heterocycles. The number of amides is 2. The summed E-state index contributed by atoms with van der Waals surface area (Å²) in [7, 11) is 0. The summed E-state index contributed by atoms with van der Waals surface area (Å²) in [6.07, 6.45) is 1.01. The molecule has 18 heavy (non-hydrogen) atoms. The van der Waals surface area contributed by atoms with Gasteiger partial charge in [0, 0.05) is 21.9 Å². The molecule has 1 aromatic carbocycles. The lowest BCUT2D eigenvalue weighted by Gasteiger charge is -2.22. The van der Waals surface area contributed by atoms with E-state index < -0.39 is 0 Å². The van der Waals surface area contributed by atoms with Gasteiger partial charge in [0.2, 0.25) is 11.8 Å². The summed E-state index contributed by atoms with van der Waals surface area (Å²) in [6, 6.07) is 5.61. The van der Waals surface area contributed by atoms with Crippen molar-refractivity contribution in [2.75, 3.05) is 11.9 Å². The first-order valence-corrected chi connectivity index (χ1v) is 7.18. The van der Waals surface area contributed by atoms with Crippen molar-refractivity contribution in [3.63, 3.8) is 0 Å². The van der Waals surface area contributed by atoms with E-state index >= 15 is 0 Å². The van der Waals surface area contributed by atoms with E-state index in [9.17, 15) is 9.59 Å². The molecule has 2 amide bonds. The standard InChI is InChI=1S/C12H12Br2N2O2/c13-8-2-1-3-9(14)11(8)16-12(18)7-4-5-10(17)15-6-7/h1-3,7H,4-6H2,(H,15,17)(H,16,18). The Morgan fingerprint density at radius 3 is 2.56 bits per heavy atom. The van der Waals surface area contributed by atoms with Crippen LogP contribution in [0.25, 0.3) is 0 Å². The highest BCUT2D eigenvalue weighted by molar-refractivity contribution is 9.11. The van der Waals surface area contributed by atoms with Crippen molar-refractivity contribution < 1.29 is 9.59 Å². The van der Waals surface area contributed by atoms with Crippen LogP contribution in [0.5, 0.6) is 0 Å². The van der Waals surface area contributed by atoms with Gasteiger partial charge in [-0.25, -0.2) is 0 Å². The molecule has 0 spiro atoms. The summed E-state index contributed by atoms with van der Waals surface area (Å²) in [4.78, 5) is 23.1. The average Bonchev–Trinajstić information content (AvgIpc) is 2.34. The predicted octanol–water partition coefficient (Wildman–Crippen LogP) is 2.68. The zero-order valence-electron chi connectivity index (χ0n) is 9.50. The highest BCUT2D eigenvalue weighted by atomic mass is 79.9. The number of anilines is 1. The molecule has 96 valence electrons. The van der Waals surface area contributed by atoms with E-state index in [1.54, 1.807) is 0 Å². The van der Waals surface area contributed by atoms with Crippen molar-refractivity contribution in [2.45, 2.75) is 12.8 Å². The van der Waals surface area contributed by atoms with Crippen LogP contribution in [0.3, 0.4) is 0 Å². The summed E-state index contributed by atoms with van der Waals surface area (Å²) in [5, 5.41) is 5.58. The number of carbonyl (C=O) groups is 2. The third-order valence-electron chi connectivity index (χ3n) is 2.85. The van der Waals surface area contributed by atoms with Crippen molar-refractivity contribution in [1.29, 1.82) is 0 Å². The molecule has 1 unspecified atom stereocenters. The van der Waals surface area contributed by atoms with Gasteiger partial charge in [-0.1, -0.05) is 6.07 Å². The van der Waals surface area contributed by atoms with E-state index in [1.165, 1.54) is 0 Å². The van der Waals surface area contributed by atoms with Gasteiger partial charge in [-0.15, -0.1) is 0 Å². The summed E-state index contributed by atoms with van der Waals surface area (Å²) in [5.41, 5.74) is 0.722. The van der Waals surface area contributed by atoms with Gasteiger partial charge in [0.25, 0.3) is 0 Å². The average molecular weight is 376 g/mol. The second-order valence-corrected chi connectivity index (χ2v) is 5.83. The maximum absolute atomic E-state index is 12.1. The summed E-state index contributed by atoms with van der Waals surface area (Å²) < 4.78 is 1.65. The monoisotopic (exact) mass is 374 g/mol. The van der Waals surface area contributed by atoms with Crippen LogP contribution in [0.2, 0.25) is 0 Å². The van der Waals surface area contributed by atoms with Crippen molar-refractivity contribution in [2.24, 2.45) is 5.92 Å². The van der Waals surface area contributed by atoms with Gasteiger partial charge in [-0.2, -0.15) is 0 Å². The van der Waals surface area contributed by atoms with E-state index in [0.29, 0.717) is 19.4 Å². The molecule has 6 heteroatoms. The predicted molar refractivity (Wildman–Crippen MR) is 76.2 cm³/mol. The van der Waals surface area contributed by atoms with Gasteiger partial charge in [0.1, 0.15) is 0 Å². The highest BCUT2D eigenvalue weighted by Crippen LogP contribution is 2.31. The molecule has 0 saturated carbocycles. The molecule has 1 aromatic rings. The third kappa shape index (κ3) is 3.11. The molecule has 4 nitrogen and oxygen atoms in total. The van der Waals surface area contributed by atoms with Gasteiger partial charge in [-0.3, -0.25) is 9.59 Å². The molecule has 1 saturated heterocycles. The molecular formula is C12H12Br2N2O2. The third-order valence-corrected chi connectivity index (χ3v) is 4.17. The Kier molecular flexibility index (Phi) is 4.40. The molecule has 1 fully saturated rings. The number of halogens is 2. The minimum absolute atomic E-state index is 0.0149. The summed E-state index contributed by atoms with van der Waals surface area (Å²) in [6.45, 7) is 0.409. The van der Waals surface area contributed by atoms with Gasteiger partial charge in [0.15, 0.2) is 0 Å². The largest absolute Gasteiger partial charge is 0.355 e. The Morgan fingerprint density at radius 1 is 1.33 bits per heavy atom. The minimum atomic E-state index is -0.165. The van der Waals surface area contributed by atoms with Gasteiger partial charge >= 0.3 is 0 Å². The van der Waals surface area contributed by atoms with Crippen LogP contribution >= 0.6 is 31.9 Å². The molecule has 0 bridgehead atoms. The maximum Gasteiger partial charge on any atom is 0.229 e. The van der Waals surface area contributed by atoms with Crippen LogP contribution < -0.4 is 10.6 Å². The molecule has 2 N–H and O–H groups in total. The minimum Gasteiger partial charge on any atom is -0.355 e. The van der Waals surface area contributed by atoms with Crippen LogP contribution in [0.1, 0.15) is 12.8 Å². The number of para-hydroxylation sites is 1. The Labute approximate surface area is 122 Å². The number of hydrogen-bond acceptors (Lipinski definition) is 2. The van der Waals surface area contributed by atoms with E-state index in [2.05, 4.69) is 42.5 Å². The zero-order chi connectivity index (χ0) is 13.1. The molecule has 1 aliphatic rings. The second-order valence-electron chi connectivity index (χ2n) is 4.13. The van der Waals surface area contributed by atoms with Crippen molar-refractivity contribution in [1.82, 2.24) is 5.32 Å². The Balaban J connectivity index is 2.05. The van der Waals surface area contributed by atoms with E-state index in [1.807, 2.05) is 18.2 Å². The lowest BCUT2D eigenvalue weighted by atomic mass is 9.98. The lowest BCUT2D eigenvalue weighted by molar-refractivity contribution is -0.126. The van der Waals surface area contributed by atoms with Crippen molar-refractivity contribution in [3.05, 3.63) is 27.1 Å². The van der Waals surface area contributed by atoms with Crippen LogP contribution in [0.4, 0.5) is 5.69 Å². The second kappa shape index (κ2) is 5.84. The normalized spacial score (nSPS) is 19.2. The van der Waals surface area contributed by atoms with E-state index in [4.69, 9.17) is 0 Å². The number of piperidine rings is 1. The van der Waals surface area contributed by atoms with Gasteiger partial charge < -0.3 is 10.6 Å². The molecular weight excluding hydrogens is 364 g/mol. The first-order valence-electron chi connectivity index (χ1n) is 5.59. The van der Waals surface area contributed by atoms with Crippen molar-refractivity contribution in [3.8, 4) is 0 Å². The fourth-order valence-electron chi connectivity index (χ4n) is 1.80. The van der Waals surface area contributed by atoms with E-state index in [0.717, 1.165) is 14.6 Å². The SMILES string of the molecule is O=C1CCC(C(=O)Nc2c(Br)cccc2Br)CN1. The smallest absolute Gasteiger partial charge is 0.229 e. The number of hydrogen-bond donors (Lipinski definition) is 2. The molecule has 2 rings (SSSR count). The number of rotatable bonds is 2. The maximum atomic E-state index is 12.1. The van der Waals surface area contributed by atoms with Crippen LogP contribution in [0.15, 0.2) is 27.1 Å². The van der Waals surface area contributed by atoms with E-state index in [-0.39, 0.29) is 17.7 Å². The summed E-state index contributed by atoms with van der Waals surface area (Å²) >= 11 is 6.79. The van der Waals surface area contributed by atoms with Crippen LogP contribution in [-0.4, -0.2) is 18.4 Å². The lowest BCUT2D eigenvalue weighted by Crippen LogP contribution is -2.40. The number of carbonyl (C=O) groups excluding carboxylic acids is 2. The quantitative estimate of drug-likeness (QED) is 0.834. The zero-order valence-corrected chi connectivity index (χ0v) is 12.7. The van der Waals surface area contributed by atoms with Crippen LogP contribution in [-0.2, 0) is 9.59 Å². The first-order chi connectivity index (χ1) is 8.58. The summed E-state index contributed by atoms with van der Waals surface area (Å²) in [5.74, 6) is -0.217. The number of nitrogens with one attached hydrogen (secondary N) is 2. The first kappa shape index (κ1) is 13.5. The fourth-order valence-corrected chi connectivity index (χ4v) is 3.00. The molecule has 1 heterocycles. The molecule has 0 aliphatic carbocycles. The fraction of sp³-hybridized carbons (Fsp3) is 0.333. The molecule has 0 radical (unpaired) electrons. The van der Waals surface area contributed by atoms with Crippen molar-refractivity contribution >= 4 is 49.4 Å². The molecule has 1 aliphatic heterocycles. The Bertz CT molecular complexity index is 461. The van der Waals surface area contributed by atoms with Gasteiger partial charge in [-0.05, 0) is 50.4 Å². The van der Waals surface area contributed by atoms with Gasteiger partial charge in [0.05, 0.1) is 11.6 Å². The highest BCUT2D eigenvalue weighted by Gasteiger charge is 2.25. The number of benzene rings is 1. The molecule has 1 atom stereocenters.